The quantitative estimate of drug-likeness (QED) is 0.631. The number of hydrogen-bond donors (Lipinski definition) is 0. The summed E-state index contributed by atoms with van der Waals surface area (Å²) in [5, 5.41) is 8.61. The van der Waals surface area contributed by atoms with Crippen LogP contribution in [0.25, 0.3) is 0 Å². The lowest BCUT2D eigenvalue weighted by atomic mass is 10.7. The highest BCUT2D eigenvalue weighted by atomic mass is 16.5. The number of hydrogen-bond acceptors (Lipinski definition) is 3. The van der Waals surface area contributed by atoms with Gasteiger partial charge in [-0.25, -0.2) is 9.55 Å². The van der Waals surface area contributed by atoms with Crippen molar-refractivity contribution in [3.05, 3.63) is 12.0 Å². The Balaban J connectivity index is 2.98. The summed E-state index contributed by atoms with van der Waals surface area (Å²) in [6.07, 6.45) is 3.50. The maximum Gasteiger partial charge on any atom is 0.227 e. The number of aryl methyl sites for hydroxylation is 1. The molecule has 4 heteroatoms. The van der Waals surface area contributed by atoms with Gasteiger partial charge in [-0.15, -0.1) is 0 Å². The monoisotopic (exact) mass is 151 g/mol. The highest BCUT2D eigenvalue weighted by Crippen LogP contribution is 2.10. The Morgan fingerprint density at radius 1 is 1.82 bits per heavy atom. The molecule has 0 saturated heterocycles. The Bertz CT molecular complexity index is 284. The van der Waals surface area contributed by atoms with Crippen LogP contribution in [0.1, 0.15) is 12.7 Å². The van der Waals surface area contributed by atoms with Gasteiger partial charge in [-0.1, -0.05) is 0 Å². The first-order chi connectivity index (χ1) is 5.29. The Morgan fingerprint density at radius 2 is 2.55 bits per heavy atom. The fraction of sp³-hybridized carbons (Fsp3) is 0.429. The second-order valence-corrected chi connectivity index (χ2v) is 2.01. The molecule has 4 nitrogen and oxygen atoms in total. The van der Waals surface area contributed by atoms with Gasteiger partial charge >= 0.3 is 0 Å². The van der Waals surface area contributed by atoms with E-state index >= 15 is 0 Å². The minimum absolute atomic E-state index is 0.507. The van der Waals surface area contributed by atoms with Crippen LogP contribution in [0.3, 0.4) is 0 Å². The molecule has 0 unspecified atom stereocenters. The largest absolute Gasteiger partial charge is 0.477 e. The van der Waals surface area contributed by atoms with Crippen molar-refractivity contribution in [2.45, 2.75) is 13.8 Å². The van der Waals surface area contributed by atoms with E-state index in [4.69, 9.17) is 10.00 Å². The SMILES string of the molecule is CCOc1cnc(C)n1C#N. The van der Waals surface area contributed by atoms with E-state index in [0.717, 1.165) is 0 Å². The Kier molecular flexibility index (Phi) is 2.12. The molecule has 0 saturated carbocycles. The van der Waals surface area contributed by atoms with Crippen molar-refractivity contribution in [1.82, 2.24) is 9.55 Å². The Hall–Kier alpha value is -1.50. The van der Waals surface area contributed by atoms with E-state index in [2.05, 4.69) is 4.98 Å². The molecule has 1 aromatic heterocycles. The van der Waals surface area contributed by atoms with Crippen LogP contribution in [0.2, 0.25) is 0 Å². The number of ether oxygens (including phenoxy) is 1. The van der Waals surface area contributed by atoms with E-state index in [1.165, 1.54) is 4.57 Å². The predicted molar refractivity (Wildman–Crippen MR) is 39.1 cm³/mol. The highest BCUT2D eigenvalue weighted by molar-refractivity contribution is 5.16. The summed E-state index contributed by atoms with van der Waals surface area (Å²) in [6, 6.07) is 0. The van der Waals surface area contributed by atoms with Gasteiger partial charge in [0.1, 0.15) is 5.82 Å². The Labute approximate surface area is 65.0 Å². The Morgan fingerprint density at radius 3 is 3.09 bits per heavy atom. The van der Waals surface area contributed by atoms with E-state index in [1.54, 1.807) is 13.1 Å². The molecule has 58 valence electrons. The molecular weight excluding hydrogens is 142 g/mol. The van der Waals surface area contributed by atoms with Gasteiger partial charge in [0.05, 0.1) is 12.8 Å². The zero-order valence-electron chi connectivity index (χ0n) is 6.53. The number of nitriles is 1. The van der Waals surface area contributed by atoms with Crippen molar-refractivity contribution in [1.29, 1.82) is 5.26 Å². The third-order valence-corrected chi connectivity index (χ3v) is 1.30. The molecule has 0 bridgehead atoms. The normalized spacial score (nSPS) is 9.18. The molecule has 0 fully saturated rings. The second kappa shape index (κ2) is 3.06. The molecule has 0 N–H and O–H groups in total. The van der Waals surface area contributed by atoms with Crippen molar-refractivity contribution in [3.8, 4) is 12.1 Å². The van der Waals surface area contributed by atoms with E-state index in [1.807, 2.05) is 13.1 Å². The number of imidazole rings is 1. The molecule has 0 aliphatic heterocycles. The molecule has 0 amide bonds. The third kappa shape index (κ3) is 1.32. The van der Waals surface area contributed by atoms with Crippen LogP contribution in [0.15, 0.2) is 6.20 Å². The van der Waals surface area contributed by atoms with E-state index < -0.39 is 0 Å². The summed E-state index contributed by atoms with van der Waals surface area (Å²) in [5.41, 5.74) is 0. The molecule has 11 heavy (non-hydrogen) atoms. The van der Waals surface area contributed by atoms with E-state index in [-0.39, 0.29) is 0 Å². The summed E-state index contributed by atoms with van der Waals surface area (Å²) in [4.78, 5) is 3.92. The molecule has 0 atom stereocenters. The molecule has 0 radical (unpaired) electrons. The first kappa shape index (κ1) is 7.61. The van der Waals surface area contributed by atoms with Gasteiger partial charge in [0, 0.05) is 0 Å². The van der Waals surface area contributed by atoms with Gasteiger partial charge in [-0.05, 0) is 13.8 Å². The number of nitrogens with zero attached hydrogens (tertiary/aromatic N) is 3. The molecule has 1 heterocycles. The fourth-order valence-electron chi connectivity index (χ4n) is 0.795. The summed E-state index contributed by atoms with van der Waals surface area (Å²) in [6.45, 7) is 4.17. The maximum atomic E-state index is 8.61. The van der Waals surface area contributed by atoms with E-state index in [0.29, 0.717) is 18.3 Å². The predicted octanol–water partition coefficient (Wildman–Crippen LogP) is 0.919. The summed E-state index contributed by atoms with van der Waals surface area (Å²) in [5.74, 6) is 1.16. The molecule has 1 rings (SSSR count). The lowest BCUT2D eigenvalue weighted by Crippen LogP contribution is -1.99. The average Bonchev–Trinajstić information content (AvgIpc) is 2.33. The van der Waals surface area contributed by atoms with Crippen LogP contribution in [0.4, 0.5) is 0 Å². The van der Waals surface area contributed by atoms with Gasteiger partial charge < -0.3 is 4.74 Å². The highest BCUT2D eigenvalue weighted by Gasteiger charge is 2.04. The van der Waals surface area contributed by atoms with Crippen LogP contribution >= 0.6 is 0 Å². The molecule has 1 aromatic rings. The topological polar surface area (TPSA) is 50.8 Å². The summed E-state index contributed by atoms with van der Waals surface area (Å²) in [7, 11) is 0. The minimum atomic E-state index is 0.507. The molecule has 0 aromatic carbocycles. The first-order valence-electron chi connectivity index (χ1n) is 3.36. The zero-order valence-corrected chi connectivity index (χ0v) is 6.53. The van der Waals surface area contributed by atoms with E-state index in [9.17, 15) is 0 Å². The van der Waals surface area contributed by atoms with Crippen molar-refractivity contribution in [3.63, 3.8) is 0 Å². The van der Waals surface area contributed by atoms with Crippen LogP contribution in [-0.2, 0) is 0 Å². The van der Waals surface area contributed by atoms with Gasteiger partial charge in [0.25, 0.3) is 0 Å². The molecular formula is C7H9N3O. The van der Waals surface area contributed by atoms with Crippen LogP contribution < -0.4 is 4.74 Å². The fourth-order valence-corrected chi connectivity index (χ4v) is 0.795. The van der Waals surface area contributed by atoms with Gasteiger partial charge in [0.15, 0.2) is 6.19 Å². The lowest BCUT2D eigenvalue weighted by Gasteiger charge is -1.99. The standard InChI is InChI=1S/C7H9N3O/c1-3-11-7-4-9-6(2)10(7)5-8/h4H,3H2,1-2H3. The van der Waals surface area contributed by atoms with Gasteiger partial charge in [-0.2, -0.15) is 5.26 Å². The van der Waals surface area contributed by atoms with Crippen molar-refractivity contribution < 1.29 is 4.74 Å². The van der Waals surface area contributed by atoms with Crippen LogP contribution in [0.5, 0.6) is 5.88 Å². The first-order valence-corrected chi connectivity index (χ1v) is 3.36. The minimum Gasteiger partial charge on any atom is -0.477 e. The van der Waals surface area contributed by atoms with Crippen LogP contribution in [0, 0.1) is 18.4 Å². The second-order valence-electron chi connectivity index (χ2n) is 2.01. The number of aromatic nitrogens is 2. The van der Waals surface area contributed by atoms with Crippen LogP contribution in [-0.4, -0.2) is 16.2 Å². The summed E-state index contributed by atoms with van der Waals surface area (Å²) < 4.78 is 6.48. The van der Waals surface area contributed by atoms with Crippen molar-refractivity contribution in [2.75, 3.05) is 6.61 Å². The van der Waals surface area contributed by atoms with Crippen molar-refractivity contribution in [2.24, 2.45) is 0 Å². The molecule has 0 aliphatic carbocycles. The zero-order chi connectivity index (χ0) is 8.27. The summed E-state index contributed by atoms with van der Waals surface area (Å²) >= 11 is 0. The molecule has 0 spiro atoms. The average molecular weight is 151 g/mol. The lowest BCUT2D eigenvalue weighted by molar-refractivity contribution is 0.321. The van der Waals surface area contributed by atoms with Crippen molar-refractivity contribution >= 4 is 0 Å². The van der Waals surface area contributed by atoms with Gasteiger partial charge in [0.2, 0.25) is 5.88 Å². The third-order valence-electron chi connectivity index (χ3n) is 1.30. The van der Waals surface area contributed by atoms with Gasteiger partial charge in [-0.3, -0.25) is 0 Å². The smallest absolute Gasteiger partial charge is 0.227 e. The maximum absolute atomic E-state index is 8.61. The number of rotatable bonds is 2. The molecule has 0 aliphatic rings.